The summed E-state index contributed by atoms with van der Waals surface area (Å²) >= 11 is 7.86. The number of carbonyl (C=O) groups excluding carboxylic acids is 2. The smallest absolute Gasteiger partial charge is 0.247 e. The second-order valence-corrected chi connectivity index (χ2v) is 9.08. The van der Waals surface area contributed by atoms with Gasteiger partial charge in [-0.2, -0.15) is 0 Å². The van der Waals surface area contributed by atoms with Crippen LogP contribution in [0.1, 0.15) is 5.56 Å². The van der Waals surface area contributed by atoms with Gasteiger partial charge >= 0.3 is 0 Å². The molecule has 0 saturated carbocycles. The van der Waals surface area contributed by atoms with E-state index in [9.17, 15) is 14.0 Å². The number of nitrogens with zero attached hydrogens (tertiary/aromatic N) is 1. The fourth-order valence-electron chi connectivity index (χ4n) is 3.67. The lowest BCUT2D eigenvalue weighted by Gasteiger charge is -2.32. The number of benzene rings is 2. The number of nitrogens with one attached hydrogen (secondary N) is 2. The van der Waals surface area contributed by atoms with Crippen molar-refractivity contribution in [1.29, 1.82) is 0 Å². The maximum absolute atomic E-state index is 13.1. The number of carbonyl (C=O) groups is 2. The fraction of sp³-hybridized carbons (Fsp3) is 0.364. The second kappa shape index (κ2) is 9.89. The highest BCUT2D eigenvalue weighted by Gasteiger charge is 2.33. The van der Waals surface area contributed by atoms with Gasteiger partial charge in [0.1, 0.15) is 11.9 Å². The lowest BCUT2D eigenvalue weighted by molar-refractivity contribution is -0.126. The molecule has 0 unspecified atom stereocenters. The van der Waals surface area contributed by atoms with Gasteiger partial charge in [-0.1, -0.05) is 29.8 Å². The highest BCUT2D eigenvalue weighted by atomic mass is 35.5. The van der Waals surface area contributed by atoms with Crippen molar-refractivity contribution in [3.8, 4) is 0 Å². The Morgan fingerprint density at radius 2 is 1.97 bits per heavy atom. The molecule has 2 aliphatic heterocycles. The fourth-order valence-corrected chi connectivity index (χ4v) is 5.15. The molecule has 164 valence electrons. The van der Waals surface area contributed by atoms with E-state index in [0.29, 0.717) is 49.2 Å². The number of hydrogen-bond donors (Lipinski definition) is 2. The van der Waals surface area contributed by atoms with Crippen molar-refractivity contribution < 1.29 is 18.7 Å². The highest BCUT2D eigenvalue weighted by Crippen LogP contribution is 2.35. The van der Waals surface area contributed by atoms with E-state index in [1.54, 1.807) is 24.3 Å². The molecule has 2 N–H and O–H groups in total. The molecule has 2 heterocycles. The van der Waals surface area contributed by atoms with Gasteiger partial charge in [0.05, 0.1) is 34.9 Å². The molecule has 6 nitrogen and oxygen atoms in total. The number of amides is 2. The molecule has 2 amide bonds. The number of morpholine rings is 1. The van der Waals surface area contributed by atoms with Gasteiger partial charge in [-0.3, -0.25) is 9.59 Å². The van der Waals surface area contributed by atoms with Crippen LogP contribution in [0.2, 0.25) is 5.02 Å². The first-order valence-electron chi connectivity index (χ1n) is 10.1. The van der Waals surface area contributed by atoms with Crippen LogP contribution in [0.15, 0.2) is 42.5 Å². The van der Waals surface area contributed by atoms with Crippen molar-refractivity contribution in [2.45, 2.75) is 17.7 Å². The third-order valence-corrected chi connectivity index (χ3v) is 6.91. The van der Waals surface area contributed by atoms with E-state index < -0.39 is 6.04 Å². The van der Waals surface area contributed by atoms with Crippen LogP contribution in [0, 0.1) is 5.82 Å². The number of thioether (sulfide) groups is 1. The average molecular weight is 464 g/mol. The minimum atomic E-state index is -0.640. The Bertz CT molecular complexity index is 954. The monoisotopic (exact) mass is 463 g/mol. The van der Waals surface area contributed by atoms with E-state index in [2.05, 4.69) is 15.5 Å². The van der Waals surface area contributed by atoms with Crippen LogP contribution in [-0.2, 0) is 20.7 Å². The summed E-state index contributed by atoms with van der Waals surface area (Å²) in [7, 11) is 0. The molecule has 0 radical (unpaired) electrons. The molecule has 2 aromatic rings. The van der Waals surface area contributed by atoms with Crippen molar-refractivity contribution in [3.63, 3.8) is 0 Å². The zero-order valence-corrected chi connectivity index (χ0v) is 18.3. The van der Waals surface area contributed by atoms with Gasteiger partial charge in [-0.15, -0.1) is 11.8 Å². The second-order valence-electron chi connectivity index (χ2n) is 7.44. The van der Waals surface area contributed by atoms with E-state index in [-0.39, 0.29) is 22.9 Å². The van der Waals surface area contributed by atoms with Crippen molar-refractivity contribution in [1.82, 2.24) is 5.32 Å². The number of anilines is 2. The quantitative estimate of drug-likeness (QED) is 0.713. The van der Waals surface area contributed by atoms with Crippen molar-refractivity contribution >= 4 is 46.6 Å². The Hall–Kier alpha value is -2.29. The predicted molar refractivity (Wildman–Crippen MR) is 121 cm³/mol. The first-order chi connectivity index (χ1) is 15.0. The summed E-state index contributed by atoms with van der Waals surface area (Å²) in [6.45, 7) is 2.58. The maximum atomic E-state index is 13.1. The summed E-state index contributed by atoms with van der Waals surface area (Å²) in [5.74, 6) is -0.326. The van der Waals surface area contributed by atoms with Crippen LogP contribution in [-0.4, -0.2) is 55.2 Å². The Kier molecular flexibility index (Phi) is 6.99. The van der Waals surface area contributed by atoms with Crippen LogP contribution >= 0.6 is 23.4 Å². The molecule has 0 aromatic heterocycles. The first kappa shape index (κ1) is 21.9. The topological polar surface area (TPSA) is 70.7 Å². The van der Waals surface area contributed by atoms with E-state index in [1.165, 1.54) is 23.9 Å². The third-order valence-electron chi connectivity index (χ3n) is 5.30. The molecule has 4 rings (SSSR count). The molecule has 2 atom stereocenters. The Morgan fingerprint density at radius 3 is 2.68 bits per heavy atom. The maximum Gasteiger partial charge on any atom is 0.247 e. The summed E-state index contributed by atoms with van der Waals surface area (Å²) in [5.41, 5.74) is 2.27. The van der Waals surface area contributed by atoms with Gasteiger partial charge in [0.25, 0.3) is 0 Å². The zero-order valence-electron chi connectivity index (χ0n) is 16.8. The largest absolute Gasteiger partial charge is 0.378 e. The summed E-state index contributed by atoms with van der Waals surface area (Å²) in [6, 6.07) is 10.9. The third kappa shape index (κ3) is 5.31. The number of para-hydroxylation sites is 1. The normalized spacial score (nSPS) is 21.5. The van der Waals surface area contributed by atoms with Gasteiger partial charge in [0.2, 0.25) is 11.8 Å². The number of halogens is 2. The standard InChI is InChI=1S/C22H23ClFN3O3S/c23-16-2-1-3-17(20(16)27-8-10-30-11-9-27)25-21(28)18-13-31-19(22(29)26-18)12-14-4-6-15(24)7-5-14/h1-7,18-19H,8-13H2,(H,25,28)(H,26,29)/t18-,19-/m0/s1. The SMILES string of the molecule is O=C(Nc1cccc(Cl)c1N1CCOCC1)[C@@H]1CS[C@@H](Cc2ccc(F)cc2)C(=O)N1. The van der Waals surface area contributed by atoms with Crippen LogP contribution in [0.4, 0.5) is 15.8 Å². The molecule has 2 fully saturated rings. The van der Waals surface area contributed by atoms with Gasteiger partial charge < -0.3 is 20.3 Å². The molecule has 0 bridgehead atoms. The molecule has 2 aromatic carbocycles. The van der Waals surface area contributed by atoms with Crippen LogP contribution in [0.25, 0.3) is 0 Å². The van der Waals surface area contributed by atoms with E-state index in [0.717, 1.165) is 11.3 Å². The van der Waals surface area contributed by atoms with Crippen LogP contribution in [0.3, 0.4) is 0 Å². The van der Waals surface area contributed by atoms with E-state index in [1.807, 2.05) is 6.07 Å². The number of rotatable bonds is 5. The minimum absolute atomic E-state index is 0.194. The minimum Gasteiger partial charge on any atom is -0.378 e. The molecule has 0 spiro atoms. The lowest BCUT2D eigenvalue weighted by Crippen LogP contribution is -2.53. The summed E-state index contributed by atoms with van der Waals surface area (Å²) in [5, 5.41) is 5.99. The average Bonchev–Trinajstić information content (AvgIpc) is 2.77. The van der Waals surface area contributed by atoms with Crippen molar-refractivity contribution in [2.75, 3.05) is 42.3 Å². The first-order valence-corrected chi connectivity index (χ1v) is 11.5. The van der Waals surface area contributed by atoms with Crippen molar-refractivity contribution in [2.24, 2.45) is 0 Å². The molecular weight excluding hydrogens is 441 g/mol. The molecule has 2 aliphatic rings. The van der Waals surface area contributed by atoms with E-state index in [4.69, 9.17) is 16.3 Å². The van der Waals surface area contributed by atoms with Crippen LogP contribution in [0.5, 0.6) is 0 Å². The predicted octanol–water partition coefficient (Wildman–Crippen LogP) is 3.10. The summed E-state index contributed by atoms with van der Waals surface area (Å²) in [4.78, 5) is 27.6. The van der Waals surface area contributed by atoms with Gasteiger partial charge in [0.15, 0.2) is 0 Å². The number of hydrogen-bond acceptors (Lipinski definition) is 5. The Morgan fingerprint density at radius 1 is 1.23 bits per heavy atom. The number of ether oxygens (including phenoxy) is 1. The van der Waals surface area contributed by atoms with E-state index >= 15 is 0 Å². The Balaban J connectivity index is 1.39. The highest BCUT2D eigenvalue weighted by molar-refractivity contribution is 8.00. The van der Waals surface area contributed by atoms with Crippen LogP contribution < -0.4 is 15.5 Å². The molecule has 31 heavy (non-hydrogen) atoms. The summed E-state index contributed by atoms with van der Waals surface area (Å²) < 4.78 is 18.5. The van der Waals surface area contributed by atoms with Gasteiger partial charge in [-0.25, -0.2) is 4.39 Å². The molecule has 2 saturated heterocycles. The molecule has 0 aliphatic carbocycles. The van der Waals surface area contributed by atoms with Crippen molar-refractivity contribution in [3.05, 3.63) is 58.9 Å². The summed E-state index contributed by atoms with van der Waals surface area (Å²) in [6.07, 6.45) is 0.487. The molecule has 9 heteroatoms. The Labute approximate surface area is 189 Å². The van der Waals surface area contributed by atoms with Gasteiger partial charge in [0, 0.05) is 18.8 Å². The lowest BCUT2D eigenvalue weighted by atomic mass is 10.1. The zero-order chi connectivity index (χ0) is 21.8. The molecular formula is C22H23ClFN3O3S. The van der Waals surface area contributed by atoms with Gasteiger partial charge in [-0.05, 0) is 36.2 Å².